The highest BCUT2D eigenvalue weighted by atomic mass is 127. The zero-order chi connectivity index (χ0) is 20.8. The number of nitrogens with one attached hydrogen (secondary N) is 1. The van der Waals surface area contributed by atoms with E-state index in [-0.39, 0.29) is 24.0 Å². The molecule has 8 nitrogen and oxygen atoms in total. The summed E-state index contributed by atoms with van der Waals surface area (Å²) in [5, 5.41) is 17.6. The molecule has 1 N–H and O–H groups in total. The molecule has 0 spiro atoms. The lowest BCUT2D eigenvalue weighted by molar-refractivity contribution is 0.472. The summed E-state index contributed by atoms with van der Waals surface area (Å²) in [6.07, 6.45) is 9.24. The lowest BCUT2D eigenvalue weighted by Crippen LogP contribution is -2.40. The number of hydrogen-bond donors (Lipinski definition) is 1. The molecule has 0 bridgehead atoms. The number of halogens is 1. The van der Waals surface area contributed by atoms with Gasteiger partial charge in [-0.25, -0.2) is 0 Å². The van der Waals surface area contributed by atoms with Crippen molar-refractivity contribution in [1.82, 2.24) is 34.8 Å². The van der Waals surface area contributed by atoms with Crippen molar-refractivity contribution >= 4 is 41.7 Å². The fourth-order valence-electron chi connectivity index (χ4n) is 3.86. The second-order valence-corrected chi connectivity index (χ2v) is 8.84. The van der Waals surface area contributed by atoms with Gasteiger partial charge in [-0.15, -0.1) is 34.2 Å². The largest absolute Gasteiger partial charge is 0.356 e. The molecular weight excluding hydrogens is 511 g/mol. The van der Waals surface area contributed by atoms with Gasteiger partial charge in [0.05, 0.1) is 6.20 Å². The maximum atomic E-state index is 4.50. The molecule has 1 atom stereocenters. The number of rotatable bonds is 8. The van der Waals surface area contributed by atoms with Crippen molar-refractivity contribution in [2.45, 2.75) is 50.7 Å². The minimum Gasteiger partial charge on any atom is -0.356 e. The molecule has 0 aromatic carbocycles. The first kappa shape index (κ1) is 25.0. The monoisotopic (exact) mass is 546 g/mol. The molecule has 0 saturated carbocycles. The lowest BCUT2D eigenvalue weighted by Gasteiger charge is -2.21. The SMILES string of the molecule is CN=C(NCCCc1nnc(SC)n1CC(C)C)N1CCC(c2cnn(C)c2)C1.I. The van der Waals surface area contributed by atoms with Crippen molar-refractivity contribution in [3.8, 4) is 0 Å². The van der Waals surface area contributed by atoms with Gasteiger partial charge in [0.25, 0.3) is 0 Å². The second kappa shape index (κ2) is 11.9. The number of guanidine groups is 1. The van der Waals surface area contributed by atoms with E-state index in [9.17, 15) is 0 Å². The molecule has 1 aliphatic heterocycles. The summed E-state index contributed by atoms with van der Waals surface area (Å²) >= 11 is 1.66. The summed E-state index contributed by atoms with van der Waals surface area (Å²) in [6.45, 7) is 8.33. The third-order valence-corrected chi connectivity index (χ3v) is 5.95. The Labute approximate surface area is 201 Å². The van der Waals surface area contributed by atoms with Gasteiger partial charge in [-0.2, -0.15) is 5.10 Å². The molecule has 168 valence electrons. The molecule has 3 heterocycles. The van der Waals surface area contributed by atoms with E-state index < -0.39 is 0 Å². The van der Waals surface area contributed by atoms with E-state index in [2.05, 4.69) is 61.4 Å². The van der Waals surface area contributed by atoms with Gasteiger partial charge in [-0.3, -0.25) is 9.67 Å². The summed E-state index contributed by atoms with van der Waals surface area (Å²) < 4.78 is 4.15. The topological polar surface area (TPSA) is 76.2 Å². The summed E-state index contributed by atoms with van der Waals surface area (Å²) in [5.74, 6) is 3.18. The Morgan fingerprint density at radius 3 is 2.80 bits per heavy atom. The normalized spacial score (nSPS) is 16.9. The highest BCUT2D eigenvalue weighted by Gasteiger charge is 2.26. The molecule has 1 unspecified atom stereocenters. The average Bonchev–Trinajstić information content (AvgIpc) is 3.42. The standard InChI is InChI=1S/C20H34N8S.HI/c1-15(2)12-28-18(24-25-20(28)29-5)7-6-9-22-19(21-3)27-10-8-16(14-27)17-11-23-26(4)13-17;/h11,13,15-16H,6-10,12,14H2,1-5H3,(H,21,22);1H. The third kappa shape index (κ3) is 6.35. The number of aromatic nitrogens is 5. The number of thioether (sulfide) groups is 1. The van der Waals surface area contributed by atoms with Crippen molar-refractivity contribution in [3.05, 3.63) is 23.8 Å². The van der Waals surface area contributed by atoms with E-state index in [1.807, 2.05) is 25.0 Å². The number of aryl methyl sites for hydroxylation is 2. The van der Waals surface area contributed by atoms with Crippen LogP contribution in [-0.4, -0.2) is 68.3 Å². The van der Waals surface area contributed by atoms with Gasteiger partial charge in [0.15, 0.2) is 11.1 Å². The van der Waals surface area contributed by atoms with Crippen LogP contribution in [0.15, 0.2) is 22.5 Å². The quantitative estimate of drug-likeness (QED) is 0.181. The van der Waals surface area contributed by atoms with Crippen molar-refractivity contribution in [2.75, 3.05) is 32.9 Å². The van der Waals surface area contributed by atoms with Crippen LogP contribution >= 0.6 is 35.7 Å². The number of hydrogen-bond acceptors (Lipinski definition) is 5. The summed E-state index contributed by atoms with van der Waals surface area (Å²) in [6, 6.07) is 0. The van der Waals surface area contributed by atoms with Crippen LogP contribution in [0.1, 0.15) is 44.0 Å². The van der Waals surface area contributed by atoms with Crippen LogP contribution < -0.4 is 5.32 Å². The predicted molar refractivity (Wildman–Crippen MR) is 134 cm³/mol. The first-order chi connectivity index (χ1) is 14.0. The fourth-order valence-corrected chi connectivity index (χ4v) is 4.38. The molecular formula is C20H35IN8S. The molecule has 0 radical (unpaired) electrons. The molecule has 2 aromatic rings. The van der Waals surface area contributed by atoms with E-state index in [1.165, 1.54) is 5.56 Å². The Morgan fingerprint density at radius 1 is 1.37 bits per heavy atom. The molecule has 2 aromatic heterocycles. The Hall–Kier alpha value is -1.30. The first-order valence-electron chi connectivity index (χ1n) is 10.4. The summed E-state index contributed by atoms with van der Waals surface area (Å²) in [5.41, 5.74) is 1.32. The van der Waals surface area contributed by atoms with Gasteiger partial charge >= 0.3 is 0 Å². The molecule has 1 aliphatic rings. The highest BCUT2D eigenvalue weighted by molar-refractivity contribution is 14.0. The molecule has 30 heavy (non-hydrogen) atoms. The fraction of sp³-hybridized carbons (Fsp3) is 0.700. The number of nitrogens with zero attached hydrogens (tertiary/aromatic N) is 7. The van der Waals surface area contributed by atoms with E-state index >= 15 is 0 Å². The first-order valence-corrected chi connectivity index (χ1v) is 11.6. The molecule has 3 rings (SSSR count). The number of aliphatic imine (C=N–C) groups is 1. The molecule has 10 heteroatoms. The van der Waals surface area contributed by atoms with Crippen molar-refractivity contribution in [3.63, 3.8) is 0 Å². The van der Waals surface area contributed by atoms with Crippen LogP contribution in [0.25, 0.3) is 0 Å². The Balaban J connectivity index is 0.00000320. The van der Waals surface area contributed by atoms with E-state index in [0.29, 0.717) is 11.8 Å². The van der Waals surface area contributed by atoms with Crippen LogP contribution in [-0.2, 0) is 20.0 Å². The molecule has 1 saturated heterocycles. The Morgan fingerprint density at radius 2 is 2.17 bits per heavy atom. The highest BCUT2D eigenvalue weighted by Crippen LogP contribution is 2.26. The van der Waals surface area contributed by atoms with Crippen molar-refractivity contribution in [2.24, 2.45) is 18.0 Å². The average molecular weight is 547 g/mol. The Bertz CT molecular complexity index is 816. The zero-order valence-corrected chi connectivity index (χ0v) is 21.9. The van der Waals surface area contributed by atoms with Crippen molar-refractivity contribution in [1.29, 1.82) is 0 Å². The van der Waals surface area contributed by atoms with Crippen LogP contribution in [0.5, 0.6) is 0 Å². The minimum absolute atomic E-state index is 0. The smallest absolute Gasteiger partial charge is 0.193 e. The Kier molecular flexibility index (Phi) is 9.92. The molecule has 0 aliphatic carbocycles. The predicted octanol–water partition coefficient (Wildman–Crippen LogP) is 3.01. The van der Waals surface area contributed by atoms with Crippen LogP contribution in [0.4, 0.5) is 0 Å². The van der Waals surface area contributed by atoms with Gasteiger partial charge in [-0.05, 0) is 30.6 Å². The van der Waals surface area contributed by atoms with Gasteiger partial charge < -0.3 is 14.8 Å². The van der Waals surface area contributed by atoms with Gasteiger partial charge in [-0.1, -0.05) is 25.6 Å². The second-order valence-electron chi connectivity index (χ2n) is 8.06. The zero-order valence-electron chi connectivity index (χ0n) is 18.7. The van der Waals surface area contributed by atoms with Crippen LogP contribution in [0.3, 0.4) is 0 Å². The van der Waals surface area contributed by atoms with Crippen LogP contribution in [0, 0.1) is 5.92 Å². The summed E-state index contributed by atoms with van der Waals surface area (Å²) in [7, 11) is 3.84. The van der Waals surface area contributed by atoms with Gasteiger partial charge in [0.2, 0.25) is 0 Å². The molecule has 1 fully saturated rings. The van der Waals surface area contributed by atoms with Gasteiger partial charge in [0.1, 0.15) is 5.82 Å². The minimum atomic E-state index is 0. The van der Waals surface area contributed by atoms with E-state index in [0.717, 1.165) is 62.4 Å². The lowest BCUT2D eigenvalue weighted by atomic mass is 10.0. The summed E-state index contributed by atoms with van der Waals surface area (Å²) in [4.78, 5) is 6.85. The maximum Gasteiger partial charge on any atom is 0.193 e. The van der Waals surface area contributed by atoms with E-state index in [1.54, 1.807) is 11.8 Å². The maximum absolute atomic E-state index is 4.50. The van der Waals surface area contributed by atoms with Gasteiger partial charge in [0, 0.05) is 58.8 Å². The third-order valence-electron chi connectivity index (χ3n) is 5.28. The van der Waals surface area contributed by atoms with E-state index in [4.69, 9.17) is 0 Å². The van der Waals surface area contributed by atoms with Crippen LogP contribution in [0.2, 0.25) is 0 Å². The molecule has 0 amide bonds. The van der Waals surface area contributed by atoms with Crippen molar-refractivity contribution < 1.29 is 0 Å². The number of likely N-dealkylation sites (tertiary alicyclic amines) is 1.